The van der Waals surface area contributed by atoms with Crippen molar-refractivity contribution in [1.29, 1.82) is 0 Å². The molecule has 1 N–H and O–H groups in total. The number of hydrogen-bond acceptors (Lipinski definition) is 1. The first-order chi connectivity index (χ1) is 7.48. The van der Waals surface area contributed by atoms with Crippen LogP contribution in [0.15, 0.2) is 0 Å². The molecule has 0 aliphatic heterocycles. The predicted octanol–water partition coefficient (Wildman–Crippen LogP) is 3.50. The first-order valence-corrected chi connectivity index (χ1v) is 6.31. The topological polar surface area (TPSA) is 12.0 Å². The molecule has 3 unspecified atom stereocenters. The van der Waals surface area contributed by atoms with Crippen LogP contribution >= 0.6 is 0 Å². The second-order valence-electron chi connectivity index (χ2n) is 5.33. The van der Waals surface area contributed by atoms with Crippen LogP contribution in [0.3, 0.4) is 0 Å². The lowest BCUT2D eigenvalue weighted by molar-refractivity contribution is -0.189. The first-order valence-electron chi connectivity index (χ1n) is 6.31. The van der Waals surface area contributed by atoms with Gasteiger partial charge in [-0.1, -0.05) is 12.8 Å². The molecule has 0 aromatic heterocycles. The van der Waals surface area contributed by atoms with Crippen LogP contribution in [-0.2, 0) is 0 Å². The van der Waals surface area contributed by atoms with Crippen molar-refractivity contribution in [2.45, 2.75) is 63.7 Å². The Labute approximate surface area is 94.8 Å². The number of rotatable bonds is 3. The van der Waals surface area contributed by atoms with E-state index in [1.54, 1.807) is 0 Å². The van der Waals surface area contributed by atoms with Crippen molar-refractivity contribution in [3.63, 3.8) is 0 Å². The molecule has 2 saturated carbocycles. The van der Waals surface area contributed by atoms with Gasteiger partial charge in [0.2, 0.25) is 0 Å². The van der Waals surface area contributed by atoms with Gasteiger partial charge in [0.25, 0.3) is 0 Å². The molecule has 0 aromatic rings. The molecule has 3 atom stereocenters. The monoisotopic (exact) mass is 235 g/mol. The number of halogens is 3. The smallest absolute Gasteiger partial charge is 0.311 e. The highest BCUT2D eigenvalue weighted by atomic mass is 19.4. The molecule has 2 aliphatic rings. The third-order valence-corrected chi connectivity index (χ3v) is 3.99. The van der Waals surface area contributed by atoms with Gasteiger partial charge in [0, 0.05) is 12.1 Å². The van der Waals surface area contributed by atoms with Gasteiger partial charge in [0.15, 0.2) is 0 Å². The highest BCUT2D eigenvalue weighted by molar-refractivity contribution is 4.91. The van der Waals surface area contributed by atoms with E-state index in [0.29, 0.717) is 18.8 Å². The summed E-state index contributed by atoms with van der Waals surface area (Å²) in [6, 6.07) is -0.0858. The van der Waals surface area contributed by atoms with Crippen molar-refractivity contribution in [3.8, 4) is 0 Å². The first kappa shape index (κ1) is 12.2. The van der Waals surface area contributed by atoms with Gasteiger partial charge >= 0.3 is 6.18 Å². The zero-order valence-electron chi connectivity index (χ0n) is 9.69. The summed E-state index contributed by atoms with van der Waals surface area (Å²) in [6.07, 6.45) is 0.970. The van der Waals surface area contributed by atoms with Crippen molar-refractivity contribution >= 4 is 0 Å². The third kappa shape index (κ3) is 2.90. The van der Waals surface area contributed by atoms with Crippen molar-refractivity contribution in [2.24, 2.45) is 11.8 Å². The Hall–Kier alpha value is -0.250. The van der Waals surface area contributed by atoms with E-state index in [1.165, 1.54) is 12.8 Å². The molecule has 0 spiro atoms. The lowest BCUT2D eigenvalue weighted by Gasteiger charge is -2.35. The maximum Gasteiger partial charge on any atom is 0.393 e. The van der Waals surface area contributed by atoms with E-state index in [-0.39, 0.29) is 12.1 Å². The van der Waals surface area contributed by atoms with Gasteiger partial charge in [-0.25, -0.2) is 0 Å². The molecule has 2 rings (SSSR count). The van der Waals surface area contributed by atoms with Gasteiger partial charge in [0.1, 0.15) is 0 Å². The molecule has 2 aliphatic carbocycles. The molecule has 0 radical (unpaired) electrons. The summed E-state index contributed by atoms with van der Waals surface area (Å²) < 4.78 is 38.5. The second-order valence-corrected chi connectivity index (χ2v) is 5.33. The van der Waals surface area contributed by atoms with Gasteiger partial charge in [-0.05, 0) is 38.5 Å². The zero-order chi connectivity index (χ0) is 11.8. The molecule has 16 heavy (non-hydrogen) atoms. The van der Waals surface area contributed by atoms with Gasteiger partial charge in [0.05, 0.1) is 5.92 Å². The maximum absolute atomic E-state index is 12.8. The average Bonchev–Trinajstić information content (AvgIpc) is 2.99. The zero-order valence-corrected chi connectivity index (χ0v) is 9.69. The summed E-state index contributed by atoms with van der Waals surface area (Å²) in [5.41, 5.74) is 0. The number of nitrogens with one attached hydrogen (secondary N) is 1. The van der Waals surface area contributed by atoms with E-state index in [0.717, 1.165) is 12.8 Å². The lowest BCUT2D eigenvalue weighted by atomic mass is 9.83. The van der Waals surface area contributed by atoms with Gasteiger partial charge in [-0.15, -0.1) is 0 Å². The van der Waals surface area contributed by atoms with Crippen LogP contribution in [0.1, 0.15) is 45.4 Å². The second kappa shape index (κ2) is 4.55. The van der Waals surface area contributed by atoms with Crippen LogP contribution in [0.5, 0.6) is 0 Å². The largest absolute Gasteiger partial charge is 0.393 e. The molecule has 0 bridgehead atoms. The molecule has 0 heterocycles. The van der Waals surface area contributed by atoms with Gasteiger partial charge in [-0.2, -0.15) is 13.2 Å². The van der Waals surface area contributed by atoms with Crippen molar-refractivity contribution in [2.75, 3.05) is 0 Å². The molecule has 0 amide bonds. The Bertz CT molecular complexity index is 235. The minimum absolute atomic E-state index is 0.257. The molecular weight excluding hydrogens is 215 g/mol. The summed E-state index contributed by atoms with van der Waals surface area (Å²) in [4.78, 5) is 0. The number of hydrogen-bond donors (Lipinski definition) is 1. The van der Waals surface area contributed by atoms with Crippen LogP contribution in [-0.4, -0.2) is 18.3 Å². The van der Waals surface area contributed by atoms with Crippen LogP contribution < -0.4 is 5.32 Å². The van der Waals surface area contributed by atoms with E-state index in [1.807, 2.05) is 6.92 Å². The molecule has 2 fully saturated rings. The Morgan fingerprint density at radius 1 is 1.06 bits per heavy atom. The van der Waals surface area contributed by atoms with Gasteiger partial charge < -0.3 is 5.32 Å². The van der Waals surface area contributed by atoms with Gasteiger partial charge in [-0.3, -0.25) is 0 Å². The van der Waals surface area contributed by atoms with Crippen LogP contribution in [0.2, 0.25) is 0 Å². The Morgan fingerprint density at radius 3 is 2.25 bits per heavy atom. The van der Waals surface area contributed by atoms with Crippen molar-refractivity contribution in [3.05, 3.63) is 0 Å². The van der Waals surface area contributed by atoms with Crippen LogP contribution in [0.4, 0.5) is 13.2 Å². The Kier molecular flexibility index (Phi) is 3.48. The van der Waals surface area contributed by atoms with Crippen LogP contribution in [0, 0.1) is 11.8 Å². The van der Waals surface area contributed by atoms with Crippen molar-refractivity contribution < 1.29 is 13.2 Å². The minimum Gasteiger partial charge on any atom is -0.311 e. The fraction of sp³-hybridized carbons (Fsp3) is 1.00. The molecule has 94 valence electrons. The third-order valence-electron chi connectivity index (χ3n) is 3.99. The molecule has 1 nitrogen and oxygen atoms in total. The normalized spacial score (nSPS) is 33.8. The fourth-order valence-electron chi connectivity index (χ4n) is 2.79. The molecule has 0 saturated heterocycles. The summed E-state index contributed by atoms with van der Waals surface area (Å²) in [5, 5.41) is 3.22. The highest BCUT2D eigenvalue weighted by Gasteiger charge is 2.46. The Morgan fingerprint density at radius 2 is 1.69 bits per heavy atom. The minimum atomic E-state index is -4.03. The van der Waals surface area contributed by atoms with E-state index in [2.05, 4.69) is 5.32 Å². The molecule has 4 heteroatoms. The molecular formula is C12H20F3N. The lowest BCUT2D eigenvalue weighted by Crippen LogP contribution is -2.49. The standard InChI is InChI=1S/C12H20F3N/c1-8(9-6-7-9)16-11-5-3-2-4-10(11)12(13,14)15/h8-11,16H,2-7H2,1H3. The van der Waals surface area contributed by atoms with E-state index < -0.39 is 12.1 Å². The van der Waals surface area contributed by atoms with Crippen molar-refractivity contribution in [1.82, 2.24) is 5.32 Å². The maximum atomic E-state index is 12.8. The quantitative estimate of drug-likeness (QED) is 0.789. The van der Waals surface area contributed by atoms with E-state index in [9.17, 15) is 13.2 Å². The predicted molar refractivity (Wildman–Crippen MR) is 57.1 cm³/mol. The summed E-state index contributed by atoms with van der Waals surface area (Å²) in [6.45, 7) is 2.03. The average molecular weight is 235 g/mol. The Balaban J connectivity index is 1.93. The summed E-state index contributed by atoms with van der Waals surface area (Å²) >= 11 is 0. The number of alkyl halides is 3. The molecule has 0 aromatic carbocycles. The van der Waals surface area contributed by atoms with E-state index >= 15 is 0 Å². The van der Waals surface area contributed by atoms with E-state index in [4.69, 9.17) is 0 Å². The summed E-state index contributed by atoms with van der Waals surface area (Å²) in [7, 11) is 0. The SMILES string of the molecule is CC(NC1CCCCC1C(F)(F)F)C1CC1. The summed E-state index contributed by atoms with van der Waals surface area (Å²) in [5.74, 6) is -0.502. The van der Waals surface area contributed by atoms with Crippen LogP contribution in [0.25, 0.3) is 0 Å². The fourth-order valence-corrected chi connectivity index (χ4v) is 2.79. The highest BCUT2D eigenvalue weighted by Crippen LogP contribution is 2.39.